The maximum absolute atomic E-state index is 12.9. The number of rotatable bonds is 4. The quantitative estimate of drug-likeness (QED) is 0.647. The summed E-state index contributed by atoms with van der Waals surface area (Å²) in [6.07, 6.45) is 0. The summed E-state index contributed by atoms with van der Waals surface area (Å²) in [5.74, 6) is -0.938. The zero-order valence-corrected chi connectivity index (χ0v) is 10.4. The number of halogens is 1. The first-order valence-corrected chi connectivity index (χ1v) is 5.56. The molecule has 1 aromatic rings. The van der Waals surface area contributed by atoms with Crippen molar-refractivity contribution in [2.75, 3.05) is 13.2 Å². The van der Waals surface area contributed by atoms with Crippen LogP contribution in [0.4, 0.5) is 4.39 Å². The Kier molecular flexibility index (Phi) is 4.63. The topological polar surface area (TPSA) is 38.3 Å². The maximum atomic E-state index is 12.9. The average Bonchev–Trinajstić information content (AvgIpc) is 2.23. The molecule has 0 amide bonds. The molecule has 17 heavy (non-hydrogen) atoms. The van der Waals surface area contributed by atoms with Crippen LogP contribution in [0.1, 0.15) is 31.1 Å². The lowest BCUT2D eigenvalue weighted by atomic mass is 10.1. The van der Waals surface area contributed by atoms with E-state index in [1.165, 1.54) is 24.3 Å². The Balaban J connectivity index is 2.36. The molecular weight excluding hydrogens is 221 g/mol. The average molecular weight is 239 g/mol. The van der Waals surface area contributed by atoms with Crippen molar-refractivity contribution >= 4 is 5.97 Å². The summed E-state index contributed by atoms with van der Waals surface area (Å²) in [6.45, 7) is 6.93. The highest BCUT2D eigenvalue weighted by Crippen LogP contribution is 2.05. The van der Waals surface area contributed by atoms with Crippen LogP contribution in [0.5, 0.6) is 0 Å². The lowest BCUT2D eigenvalue weighted by Gasteiger charge is -2.20. The van der Waals surface area contributed by atoms with Crippen molar-refractivity contribution in [1.29, 1.82) is 0 Å². The maximum Gasteiger partial charge on any atom is 0.338 e. The van der Waals surface area contributed by atoms with Gasteiger partial charge in [-0.3, -0.25) is 0 Å². The normalized spacial score (nSPS) is 11.3. The van der Waals surface area contributed by atoms with Crippen molar-refractivity contribution in [2.24, 2.45) is 0 Å². The third-order valence-electron chi connectivity index (χ3n) is 2.05. The third kappa shape index (κ3) is 5.45. The van der Waals surface area contributed by atoms with Gasteiger partial charge >= 0.3 is 5.97 Å². The Morgan fingerprint density at radius 3 is 2.71 bits per heavy atom. The lowest BCUT2D eigenvalue weighted by Crippen LogP contribution is -2.38. The van der Waals surface area contributed by atoms with Crippen molar-refractivity contribution in [3.63, 3.8) is 0 Å². The van der Waals surface area contributed by atoms with E-state index in [1.54, 1.807) is 0 Å². The smallest absolute Gasteiger partial charge is 0.338 e. The van der Waals surface area contributed by atoms with Gasteiger partial charge in [-0.25, -0.2) is 9.18 Å². The van der Waals surface area contributed by atoms with Gasteiger partial charge in [-0.15, -0.1) is 0 Å². The fourth-order valence-electron chi connectivity index (χ4n) is 1.27. The van der Waals surface area contributed by atoms with E-state index < -0.39 is 11.8 Å². The number of ether oxygens (including phenoxy) is 1. The molecule has 0 atom stereocenters. The summed E-state index contributed by atoms with van der Waals surface area (Å²) >= 11 is 0. The van der Waals surface area contributed by atoms with Gasteiger partial charge in [0.15, 0.2) is 0 Å². The van der Waals surface area contributed by atoms with E-state index in [2.05, 4.69) is 5.32 Å². The fraction of sp³-hybridized carbons (Fsp3) is 0.462. The van der Waals surface area contributed by atoms with Gasteiger partial charge in [0, 0.05) is 12.1 Å². The van der Waals surface area contributed by atoms with Crippen LogP contribution in [0, 0.1) is 5.82 Å². The van der Waals surface area contributed by atoms with Gasteiger partial charge < -0.3 is 10.1 Å². The standard InChI is InChI=1S/C13H18FNO2/c1-13(2,3)15-7-8-17-12(16)10-5-4-6-11(14)9-10/h4-6,9,15H,7-8H2,1-3H3. The molecule has 0 aliphatic carbocycles. The van der Waals surface area contributed by atoms with Crippen LogP contribution in [-0.4, -0.2) is 24.7 Å². The van der Waals surface area contributed by atoms with Crippen LogP contribution < -0.4 is 5.32 Å². The number of hydrogen-bond donors (Lipinski definition) is 1. The van der Waals surface area contributed by atoms with Crippen LogP contribution in [0.3, 0.4) is 0 Å². The molecule has 1 aromatic carbocycles. The van der Waals surface area contributed by atoms with E-state index in [-0.39, 0.29) is 17.7 Å². The number of benzene rings is 1. The molecule has 1 N–H and O–H groups in total. The largest absolute Gasteiger partial charge is 0.461 e. The molecule has 0 aromatic heterocycles. The molecule has 0 radical (unpaired) electrons. The molecule has 0 saturated heterocycles. The SMILES string of the molecule is CC(C)(C)NCCOC(=O)c1cccc(F)c1. The summed E-state index contributed by atoms with van der Waals surface area (Å²) in [6, 6.07) is 5.47. The van der Waals surface area contributed by atoms with Crippen molar-refractivity contribution < 1.29 is 13.9 Å². The van der Waals surface area contributed by atoms with Gasteiger partial charge in [-0.05, 0) is 39.0 Å². The van der Waals surface area contributed by atoms with Crippen molar-refractivity contribution in [3.05, 3.63) is 35.6 Å². The van der Waals surface area contributed by atoms with Crippen LogP contribution in [0.15, 0.2) is 24.3 Å². The van der Waals surface area contributed by atoms with Gasteiger partial charge in [0.1, 0.15) is 12.4 Å². The van der Waals surface area contributed by atoms with Crippen LogP contribution in [-0.2, 0) is 4.74 Å². The minimum absolute atomic E-state index is 0.00867. The summed E-state index contributed by atoms with van der Waals surface area (Å²) in [7, 11) is 0. The molecule has 4 heteroatoms. The molecule has 0 unspecified atom stereocenters. The van der Waals surface area contributed by atoms with Crippen LogP contribution in [0.2, 0.25) is 0 Å². The van der Waals surface area contributed by atoms with Crippen molar-refractivity contribution in [3.8, 4) is 0 Å². The number of carbonyl (C=O) groups excluding carboxylic acids is 1. The van der Waals surface area contributed by atoms with Gasteiger partial charge in [-0.2, -0.15) is 0 Å². The molecule has 0 spiro atoms. The predicted octanol–water partition coefficient (Wildman–Crippen LogP) is 2.37. The summed E-state index contributed by atoms with van der Waals surface area (Å²) < 4.78 is 17.9. The minimum Gasteiger partial charge on any atom is -0.461 e. The van der Waals surface area contributed by atoms with Crippen molar-refractivity contribution in [2.45, 2.75) is 26.3 Å². The first-order valence-electron chi connectivity index (χ1n) is 5.56. The number of esters is 1. The van der Waals surface area contributed by atoms with E-state index in [4.69, 9.17) is 4.74 Å². The van der Waals surface area contributed by atoms with Gasteiger partial charge in [-0.1, -0.05) is 6.07 Å². The van der Waals surface area contributed by atoms with E-state index >= 15 is 0 Å². The van der Waals surface area contributed by atoms with E-state index in [9.17, 15) is 9.18 Å². The Morgan fingerprint density at radius 2 is 2.12 bits per heavy atom. The second-order valence-electron chi connectivity index (χ2n) is 4.82. The highest BCUT2D eigenvalue weighted by Gasteiger charge is 2.10. The fourth-order valence-corrected chi connectivity index (χ4v) is 1.27. The molecule has 1 rings (SSSR count). The molecule has 0 heterocycles. The van der Waals surface area contributed by atoms with Crippen molar-refractivity contribution in [1.82, 2.24) is 5.32 Å². The van der Waals surface area contributed by atoms with E-state index in [0.717, 1.165) is 0 Å². The molecule has 3 nitrogen and oxygen atoms in total. The molecule has 0 saturated carbocycles. The molecule has 0 aliphatic rings. The Bertz CT molecular complexity index is 385. The zero-order valence-electron chi connectivity index (χ0n) is 10.4. The summed E-state index contributed by atoms with van der Waals surface area (Å²) in [5, 5.41) is 3.19. The van der Waals surface area contributed by atoms with Crippen LogP contribution >= 0.6 is 0 Å². The zero-order chi connectivity index (χ0) is 12.9. The second kappa shape index (κ2) is 5.77. The number of hydrogen-bond acceptors (Lipinski definition) is 3. The Morgan fingerprint density at radius 1 is 1.41 bits per heavy atom. The number of carbonyl (C=O) groups is 1. The van der Waals surface area contributed by atoms with Gasteiger partial charge in [0.25, 0.3) is 0 Å². The minimum atomic E-state index is -0.500. The highest BCUT2D eigenvalue weighted by molar-refractivity contribution is 5.89. The first-order chi connectivity index (χ1) is 7.88. The summed E-state index contributed by atoms with van der Waals surface area (Å²) in [4.78, 5) is 11.5. The molecule has 0 fully saturated rings. The van der Waals surface area contributed by atoms with Crippen LogP contribution in [0.25, 0.3) is 0 Å². The highest BCUT2D eigenvalue weighted by atomic mass is 19.1. The predicted molar refractivity (Wildman–Crippen MR) is 64.4 cm³/mol. The molecular formula is C13H18FNO2. The van der Waals surface area contributed by atoms with Gasteiger partial charge in [0.05, 0.1) is 5.56 Å². The monoisotopic (exact) mass is 239 g/mol. The number of nitrogens with one attached hydrogen (secondary N) is 1. The van der Waals surface area contributed by atoms with E-state index in [0.29, 0.717) is 6.54 Å². The molecule has 94 valence electrons. The molecule has 0 bridgehead atoms. The first kappa shape index (κ1) is 13.6. The lowest BCUT2D eigenvalue weighted by molar-refractivity contribution is 0.0501. The Hall–Kier alpha value is -1.42. The van der Waals surface area contributed by atoms with Gasteiger partial charge in [0.2, 0.25) is 0 Å². The summed E-state index contributed by atoms with van der Waals surface area (Å²) in [5.41, 5.74) is 0.228. The third-order valence-corrected chi connectivity index (χ3v) is 2.05. The molecule has 0 aliphatic heterocycles. The van der Waals surface area contributed by atoms with E-state index in [1.807, 2.05) is 20.8 Å². The second-order valence-corrected chi connectivity index (χ2v) is 4.82. The Labute approximate surface area is 101 Å².